The van der Waals surface area contributed by atoms with Crippen LogP contribution in [0.4, 0.5) is 5.95 Å². The predicted molar refractivity (Wildman–Crippen MR) is 91.9 cm³/mol. The summed E-state index contributed by atoms with van der Waals surface area (Å²) >= 11 is 0. The molecule has 130 valence electrons. The lowest BCUT2D eigenvalue weighted by Gasteiger charge is -2.37. The molecule has 2 fully saturated rings. The van der Waals surface area contributed by atoms with Crippen LogP contribution in [0.3, 0.4) is 0 Å². The van der Waals surface area contributed by atoms with Gasteiger partial charge in [-0.3, -0.25) is 4.79 Å². The minimum atomic E-state index is -0.156. The highest BCUT2D eigenvalue weighted by Gasteiger charge is 2.47. The van der Waals surface area contributed by atoms with E-state index in [1.807, 2.05) is 11.9 Å². The molecule has 2 saturated heterocycles. The van der Waals surface area contributed by atoms with E-state index in [9.17, 15) is 4.79 Å². The molecule has 0 bridgehead atoms. The van der Waals surface area contributed by atoms with Crippen molar-refractivity contribution in [2.45, 2.75) is 19.3 Å². The Morgan fingerprint density at radius 2 is 1.92 bits per heavy atom. The molecule has 1 aromatic rings. The summed E-state index contributed by atoms with van der Waals surface area (Å²) in [5.74, 6) is 1.59. The first kappa shape index (κ1) is 16.7. The summed E-state index contributed by atoms with van der Waals surface area (Å²) in [4.78, 5) is 25.1. The Labute approximate surface area is 142 Å². The third kappa shape index (κ3) is 3.21. The van der Waals surface area contributed by atoms with Gasteiger partial charge in [0.2, 0.25) is 11.9 Å². The molecule has 2 aliphatic heterocycles. The molecule has 0 unspecified atom stereocenters. The summed E-state index contributed by atoms with van der Waals surface area (Å²) < 4.78 is 5.53. The summed E-state index contributed by atoms with van der Waals surface area (Å²) in [6, 6.07) is 0. The fourth-order valence-electron chi connectivity index (χ4n) is 3.39. The van der Waals surface area contributed by atoms with E-state index in [4.69, 9.17) is 10.5 Å². The summed E-state index contributed by atoms with van der Waals surface area (Å²) in [5, 5.41) is 0. The fraction of sp³-hybridized carbons (Fsp3) is 0.588. The molecular formula is C17H25N5O2. The molecule has 0 saturated carbocycles. The normalized spacial score (nSPS) is 19.8. The number of likely N-dealkylation sites (tertiary alicyclic amines) is 1. The van der Waals surface area contributed by atoms with Crippen LogP contribution in [-0.4, -0.2) is 60.6 Å². The van der Waals surface area contributed by atoms with Crippen LogP contribution in [0.2, 0.25) is 0 Å². The molecule has 0 radical (unpaired) electrons. The van der Waals surface area contributed by atoms with E-state index < -0.39 is 0 Å². The number of aromatic nitrogens is 2. The first-order chi connectivity index (χ1) is 11.5. The maximum absolute atomic E-state index is 12.4. The van der Waals surface area contributed by atoms with Crippen molar-refractivity contribution < 1.29 is 9.53 Å². The number of nitrogens with zero attached hydrogens (tertiary/aromatic N) is 4. The summed E-state index contributed by atoms with van der Waals surface area (Å²) in [6.07, 6.45) is 6.05. The van der Waals surface area contributed by atoms with Gasteiger partial charge in [0.15, 0.2) is 5.75 Å². The smallest absolute Gasteiger partial charge is 0.228 e. The Morgan fingerprint density at radius 1 is 1.29 bits per heavy atom. The van der Waals surface area contributed by atoms with Gasteiger partial charge in [-0.15, -0.1) is 0 Å². The number of anilines is 1. The molecule has 3 rings (SSSR count). The number of hydrogen-bond acceptors (Lipinski definition) is 6. The van der Waals surface area contributed by atoms with Gasteiger partial charge in [-0.05, 0) is 24.8 Å². The van der Waals surface area contributed by atoms with Gasteiger partial charge in [0.05, 0.1) is 17.8 Å². The summed E-state index contributed by atoms with van der Waals surface area (Å²) in [5.41, 5.74) is 6.15. The van der Waals surface area contributed by atoms with Crippen LogP contribution in [0.15, 0.2) is 24.5 Å². The van der Waals surface area contributed by atoms with Gasteiger partial charge < -0.3 is 20.3 Å². The quantitative estimate of drug-likeness (QED) is 0.804. The van der Waals surface area contributed by atoms with Gasteiger partial charge in [-0.25, -0.2) is 9.97 Å². The van der Waals surface area contributed by atoms with Gasteiger partial charge in [0, 0.05) is 33.2 Å². The van der Waals surface area contributed by atoms with Crippen LogP contribution in [0, 0.1) is 5.41 Å². The van der Waals surface area contributed by atoms with E-state index >= 15 is 0 Å². The standard InChI is InChI=1S/C17H25N5O2/c1-13(9-18)12-24-14-10-19-16(20-11-14)22-7-4-17(5-8-22)3-6-21(2)15(17)23/h10-11H,1,3-9,12,18H2,2H3. The average Bonchev–Trinajstić information content (AvgIpc) is 2.89. The van der Waals surface area contributed by atoms with Crippen molar-refractivity contribution in [3.05, 3.63) is 24.5 Å². The Hall–Kier alpha value is -2.15. The number of nitrogens with two attached hydrogens (primary N) is 1. The van der Waals surface area contributed by atoms with E-state index in [1.54, 1.807) is 12.4 Å². The van der Waals surface area contributed by atoms with E-state index in [-0.39, 0.29) is 5.41 Å². The Kier molecular flexibility index (Phi) is 4.71. The molecule has 1 aromatic heterocycles. The van der Waals surface area contributed by atoms with Gasteiger partial charge in [-0.1, -0.05) is 6.58 Å². The molecular weight excluding hydrogens is 306 g/mol. The third-order valence-corrected chi connectivity index (χ3v) is 5.08. The topological polar surface area (TPSA) is 84.6 Å². The second kappa shape index (κ2) is 6.76. The third-order valence-electron chi connectivity index (χ3n) is 5.08. The molecule has 7 nitrogen and oxygen atoms in total. The number of carbonyl (C=O) groups excluding carboxylic acids is 1. The molecule has 0 aliphatic carbocycles. The van der Waals surface area contributed by atoms with Crippen molar-refractivity contribution >= 4 is 11.9 Å². The highest BCUT2D eigenvalue weighted by atomic mass is 16.5. The van der Waals surface area contributed by atoms with E-state index in [1.165, 1.54) is 0 Å². The van der Waals surface area contributed by atoms with Gasteiger partial charge in [0.1, 0.15) is 6.61 Å². The van der Waals surface area contributed by atoms with Crippen molar-refractivity contribution in [3.63, 3.8) is 0 Å². The number of carbonyl (C=O) groups is 1. The van der Waals surface area contributed by atoms with E-state index in [2.05, 4.69) is 21.4 Å². The van der Waals surface area contributed by atoms with Gasteiger partial charge in [-0.2, -0.15) is 0 Å². The summed E-state index contributed by atoms with van der Waals surface area (Å²) in [6.45, 7) is 7.07. The maximum Gasteiger partial charge on any atom is 0.228 e. The molecule has 1 amide bonds. The summed E-state index contributed by atoms with van der Waals surface area (Å²) in [7, 11) is 1.89. The van der Waals surface area contributed by atoms with Crippen molar-refractivity contribution in [3.8, 4) is 5.75 Å². The molecule has 1 spiro atoms. The molecule has 2 N–H and O–H groups in total. The Bertz CT molecular complexity index is 608. The lowest BCUT2D eigenvalue weighted by molar-refractivity contribution is -0.135. The highest BCUT2D eigenvalue weighted by molar-refractivity contribution is 5.84. The molecule has 7 heteroatoms. The number of rotatable bonds is 5. The van der Waals surface area contributed by atoms with Crippen LogP contribution in [0.25, 0.3) is 0 Å². The minimum absolute atomic E-state index is 0.156. The Balaban J connectivity index is 1.57. The molecule has 2 aliphatic rings. The molecule has 3 heterocycles. The second-order valence-corrected chi connectivity index (χ2v) is 6.71. The van der Waals surface area contributed by atoms with E-state index in [0.717, 1.165) is 44.5 Å². The SMILES string of the molecule is C=C(CN)COc1cnc(N2CCC3(CCN(C)C3=O)CC2)nc1. The van der Waals surface area contributed by atoms with Crippen LogP contribution >= 0.6 is 0 Å². The molecule has 24 heavy (non-hydrogen) atoms. The minimum Gasteiger partial charge on any atom is -0.486 e. The van der Waals surface area contributed by atoms with Crippen LogP contribution in [0.5, 0.6) is 5.75 Å². The van der Waals surface area contributed by atoms with Crippen molar-refractivity contribution in [2.75, 3.05) is 44.7 Å². The van der Waals surface area contributed by atoms with Crippen LogP contribution in [0.1, 0.15) is 19.3 Å². The van der Waals surface area contributed by atoms with Crippen molar-refractivity contribution in [1.29, 1.82) is 0 Å². The van der Waals surface area contributed by atoms with Crippen molar-refractivity contribution in [1.82, 2.24) is 14.9 Å². The zero-order valence-corrected chi connectivity index (χ0v) is 14.2. The number of ether oxygens (including phenoxy) is 1. The first-order valence-electron chi connectivity index (χ1n) is 8.36. The number of hydrogen-bond donors (Lipinski definition) is 1. The lowest BCUT2D eigenvalue weighted by atomic mass is 9.77. The Morgan fingerprint density at radius 3 is 2.46 bits per heavy atom. The van der Waals surface area contributed by atoms with Gasteiger partial charge in [0.25, 0.3) is 0 Å². The highest BCUT2D eigenvalue weighted by Crippen LogP contribution is 2.41. The second-order valence-electron chi connectivity index (χ2n) is 6.71. The lowest BCUT2D eigenvalue weighted by Crippen LogP contribution is -2.44. The molecule has 0 aromatic carbocycles. The van der Waals surface area contributed by atoms with Crippen LogP contribution < -0.4 is 15.4 Å². The van der Waals surface area contributed by atoms with Gasteiger partial charge >= 0.3 is 0 Å². The zero-order chi connectivity index (χ0) is 17.2. The monoisotopic (exact) mass is 331 g/mol. The maximum atomic E-state index is 12.4. The zero-order valence-electron chi connectivity index (χ0n) is 14.2. The molecule has 0 atom stereocenters. The fourth-order valence-corrected chi connectivity index (χ4v) is 3.39. The predicted octanol–water partition coefficient (Wildman–Crippen LogP) is 0.819. The van der Waals surface area contributed by atoms with Crippen LogP contribution in [-0.2, 0) is 4.79 Å². The van der Waals surface area contributed by atoms with E-state index in [0.29, 0.717) is 30.8 Å². The number of amides is 1. The van der Waals surface area contributed by atoms with Crippen molar-refractivity contribution in [2.24, 2.45) is 11.1 Å². The average molecular weight is 331 g/mol. The number of piperidine rings is 1. The largest absolute Gasteiger partial charge is 0.486 e. The first-order valence-corrected chi connectivity index (χ1v) is 8.36.